The third kappa shape index (κ3) is 5.14. The Labute approximate surface area is 92.1 Å². The fourth-order valence-corrected chi connectivity index (χ4v) is 0.986. The Morgan fingerprint density at radius 2 is 1.93 bits per heavy atom. The molecule has 1 atom stereocenters. The van der Waals surface area contributed by atoms with E-state index in [1.165, 1.54) is 0 Å². The number of ether oxygens (including phenoxy) is 2. The topological polar surface area (TPSA) is 61.5 Å². The molecule has 15 heavy (non-hydrogen) atoms. The van der Waals surface area contributed by atoms with E-state index in [1.54, 1.807) is 0 Å². The monoisotopic (exact) mass is 217 g/mol. The van der Waals surface area contributed by atoms with Crippen LogP contribution in [0.1, 0.15) is 33.6 Å². The molecular formula is C11H23NO3. The summed E-state index contributed by atoms with van der Waals surface area (Å²) < 4.78 is 10.3. The van der Waals surface area contributed by atoms with Crippen molar-refractivity contribution in [3.63, 3.8) is 0 Å². The highest BCUT2D eigenvalue weighted by Crippen LogP contribution is 2.20. The van der Waals surface area contributed by atoms with Crippen molar-refractivity contribution >= 4 is 5.97 Å². The molecule has 0 aromatic carbocycles. The van der Waals surface area contributed by atoms with E-state index >= 15 is 0 Å². The van der Waals surface area contributed by atoms with Crippen LogP contribution in [0.5, 0.6) is 0 Å². The molecule has 4 nitrogen and oxygen atoms in total. The van der Waals surface area contributed by atoms with Crippen molar-refractivity contribution in [1.29, 1.82) is 0 Å². The summed E-state index contributed by atoms with van der Waals surface area (Å²) in [6, 6.07) is 0. The Bertz CT molecular complexity index is 179. The lowest BCUT2D eigenvalue weighted by molar-refractivity contribution is -0.156. The van der Waals surface area contributed by atoms with E-state index in [-0.39, 0.29) is 5.97 Å². The number of rotatable bonds is 8. The van der Waals surface area contributed by atoms with Crippen LogP contribution in [0.15, 0.2) is 0 Å². The second-order valence-electron chi connectivity index (χ2n) is 3.87. The molecule has 0 aliphatic carbocycles. The quantitative estimate of drug-likeness (QED) is 0.492. The third-order valence-electron chi connectivity index (χ3n) is 2.53. The van der Waals surface area contributed by atoms with Crippen LogP contribution in [-0.2, 0) is 14.3 Å². The lowest BCUT2D eigenvalue weighted by Crippen LogP contribution is -2.37. The van der Waals surface area contributed by atoms with E-state index in [1.807, 2.05) is 20.8 Å². The van der Waals surface area contributed by atoms with Gasteiger partial charge < -0.3 is 15.2 Å². The van der Waals surface area contributed by atoms with E-state index in [4.69, 9.17) is 15.2 Å². The number of hydrogen-bond acceptors (Lipinski definition) is 4. The molecule has 90 valence electrons. The summed E-state index contributed by atoms with van der Waals surface area (Å²) in [7, 11) is 0. The SMILES string of the molecule is CCCOCCOC(=O)C(C)(CC)CN. The molecule has 0 amide bonds. The molecule has 0 aliphatic heterocycles. The van der Waals surface area contributed by atoms with Gasteiger partial charge in [0.15, 0.2) is 0 Å². The lowest BCUT2D eigenvalue weighted by atomic mass is 9.88. The fourth-order valence-electron chi connectivity index (χ4n) is 0.986. The van der Waals surface area contributed by atoms with Crippen molar-refractivity contribution in [2.24, 2.45) is 11.1 Å². The van der Waals surface area contributed by atoms with Gasteiger partial charge in [0, 0.05) is 13.2 Å². The van der Waals surface area contributed by atoms with E-state index in [2.05, 4.69) is 0 Å². The molecule has 0 radical (unpaired) electrons. The van der Waals surface area contributed by atoms with Crippen molar-refractivity contribution in [2.45, 2.75) is 33.6 Å². The van der Waals surface area contributed by atoms with Gasteiger partial charge in [0.1, 0.15) is 6.61 Å². The molecule has 0 rings (SSSR count). The second kappa shape index (κ2) is 7.65. The highest BCUT2D eigenvalue weighted by molar-refractivity contribution is 5.76. The highest BCUT2D eigenvalue weighted by Gasteiger charge is 2.31. The zero-order valence-corrected chi connectivity index (χ0v) is 10.0. The fraction of sp³-hybridized carbons (Fsp3) is 0.909. The maximum atomic E-state index is 11.6. The van der Waals surface area contributed by atoms with Crippen LogP contribution in [0, 0.1) is 5.41 Å². The number of hydrogen-bond donors (Lipinski definition) is 1. The summed E-state index contributed by atoms with van der Waals surface area (Å²) >= 11 is 0. The second-order valence-corrected chi connectivity index (χ2v) is 3.87. The van der Waals surface area contributed by atoms with Gasteiger partial charge in [-0.1, -0.05) is 13.8 Å². The lowest BCUT2D eigenvalue weighted by Gasteiger charge is -2.23. The third-order valence-corrected chi connectivity index (χ3v) is 2.53. The summed E-state index contributed by atoms with van der Waals surface area (Å²) in [5.41, 5.74) is 4.99. The smallest absolute Gasteiger partial charge is 0.313 e. The van der Waals surface area contributed by atoms with Crippen LogP contribution in [0.4, 0.5) is 0 Å². The van der Waals surface area contributed by atoms with Crippen LogP contribution >= 0.6 is 0 Å². The van der Waals surface area contributed by atoms with E-state index in [9.17, 15) is 4.79 Å². The Morgan fingerprint density at radius 1 is 1.27 bits per heavy atom. The summed E-state index contributed by atoms with van der Waals surface area (Å²) in [6.45, 7) is 7.59. The minimum atomic E-state index is -0.551. The van der Waals surface area contributed by atoms with Gasteiger partial charge in [-0.2, -0.15) is 0 Å². The van der Waals surface area contributed by atoms with Crippen LogP contribution in [0.25, 0.3) is 0 Å². The maximum absolute atomic E-state index is 11.6. The van der Waals surface area contributed by atoms with Gasteiger partial charge >= 0.3 is 5.97 Å². The average molecular weight is 217 g/mol. The molecule has 0 spiro atoms. The number of nitrogens with two attached hydrogens (primary N) is 1. The van der Waals surface area contributed by atoms with Crippen molar-refractivity contribution in [2.75, 3.05) is 26.4 Å². The van der Waals surface area contributed by atoms with Crippen molar-refractivity contribution in [3.05, 3.63) is 0 Å². The molecule has 0 bridgehead atoms. The largest absolute Gasteiger partial charge is 0.463 e. The van der Waals surface area contributed by atoms with E-state index < -0.39 is 5.41 Å². The van der Waals surface area contributed by atoms with Crippen LogP contribution in [-0.4, -0.2) is 32.3 Å². The molecule has 0 aromatic heterocycles. The number of esters is 1. The zero-order valence-electron chi connectivity index (χ0n) is 10.0. The molecule has 0 heterocycles. The molecule has 0 fully saturated rings. The normalized spacial score (nSPS) is 14.7. The predicted molar refractivity (Wildman–Crippen MR) is 59.5 cm³/mol. The predicted octanol–water partition coefficient (Wildman–Crippen LogP) is 1.33. The first-order valence-electron chi connectivity index (χ1n) is 5.55. The maximum Gasteiger partial charge on any atom is 0.313 e. The molecule has 0 aromatic rings. The molecule has 0 saturated heterocycles. The Hall–Kier alpha value is -0.610. The van der Waals surface area contributed by atoms with Gasteiger partial charge in [0.2, 0.25) is 0 Å². The molecule has 2 N–H and O–H groups in total. The van der Waals surface area contributed by atoms with Crippen molar-refractivity contribution in [3.8, 4) is 0 Å². The highest BCUT2D eigenvalue weighted by atomic mass is 16.6. The molecule has 4 heteroatoms. The van der Waals surface area contributed by atoms with Crippen LogP contribution in [0.2, 0.25) is 0 Å². The minimum absolute atomic E-state index is 0.229. The van der Waals surface area contributed by atoms with E-state index in [0.29, 0.717) is 32.8 Å². The zero-order chi connectivity index (χ0) is 11.7. The van der Waals surface area contributed by atoms with Gasteiger partial charge in [-0.05, 0) is 19.8 Å². The van der Waals surface area contributed by atoms with Crippen LogP contribution < -0.4 is 5.73 Å². The van der Waals surface area contributed by atoms with Crippen LogP contribution in [0.3, 0.4) is 0 Å². The van der Waals surface area contributed by atoms with Gasteiger partial charge in [-0.15, -0.1) is 0 Å². The first kappa shape index (κ1) is 14.4. The Kier molecular flexibility index (Phi) is 7.34. The van der Waals surface area contributed by atoms with E-state index in [0.717, 1.165) is 6.42 Å². The van der Waals surface area contributed by atoms with Crippen molar-refractivity contribution < 1.29 is 14.3 Å². The number of carbonyl (C=O) groups excluding carboxylic acids is 1. The summed E-state index contributed by atoms with van der Waals surface area (Å²) in [5.74, 6) is -0.229. The average Bonchev–Trinajstić information content (AvgIpc) is 2.27. The molecule has 0 saturated carbocycles. The van der Waals surface area contributed by atoms with Gasteiger partial charge in [-0.25, -0.2) is 0 Å². The summed E-state index contributed by atoms with van der Waals surface area (Å²) in [5, 5.41) is 0. The minimum Gasteiger partial charge on any atom is -0.463 e. The number of carbonyl (C=O) groups is 1. The Morgan fingerprint density at radius 3 is 2.40 bits per heavy atom. The van der Waals surface area contributed by atoms with Gasteiger partial charge in [-0.3, -0.25) is 4.79 Å². The molecular weight excluding hydrogens is 194 g/mol. The van der Waals surface area contributed by atoms with Gasteiger partial charge in [0.25, 0.3) is 0 Å². The Balaban J connectivity index is 3.73. The van der Waals surface area contributed by atoms with Gasteiger partial charge in [0.05, 0.1) is 12.0 Å². The standard InChI is InChI=1S/C11H23NO3/c1-4-6-14-7-8-15-10(13)11(3,5-2)9-12/h4-9,12H2,1-3H3. The first-order valence-corrected chi connectivity index (χ1v) is 5.55. The first-order chi connectivity index (χ1) is 7.10. The summed E-state index contributed by atoms with van der Waals surface area (Å²) in [6.07, 6.45) is 1.67. The van der Waals surface area contributed by atoms with Crippen molar-refractivity contribution in [1.82, 2.24) is 0 Å². The molecule has 0 aliphatic rings. The molecule has 1 unspecified atom stereocenters. The summed E-state index contributed by atoms with van der Waals surface area (Å²) in [4.78, 5) is 11.6.